The molecule has 28 heavy (non-hydrogen) atoms. The van der Waals surface area contributed by atoms with Crippen molar-refractivity contribution in [3.63, 3.8) is 0 Å². The highest BCUT2D eigenvalue weighted by Crippen LogP contribution is 2.28. The maximum Gasteiger partial charge on any atom is 0.220 e. The van der Waals surface area contributed by atoms with E-state index in [2.05, 4.69) is 5.32 Å². The monoisotopic (exact) mass is 393 g/mol. The molecule has 1 amide bonds. The Morgan fingerprint density at radius 3 is 1.93 bits per heavy atom. The van der Waals surface area contributed by atoms with Crippen LogP contribution in [0, 0.1) is 0 Å². The molecule has 0 bridgehead atoms. The predicted molar refractivity (Wildman–Crippen MR) is 111 cm³/mol. The minimum atomic E-state index is -3.63. The first kappa shape index (κ1) is 19.8. The number of carbonyl (C=O) groups is 1. The third kappa shape index (κ3) is 5.08. The van der Waals surface area contributed by atoms with Crippen LogP contribution < -0.4 is 5.32 Å². The van der Waals surface area contributed by atoms with Crippen LogP contribution in [0.5, 0.6) is 0 Å². The third-order valence-electron chi connectivity index (χ3n) is 4.59. The lowest BCUT2D eigenvalue weighted by Crippen LogP contribution is -2.32. The van der Waals surface area contributed by atoms with E-state index in [1.807, 2.05) is 36.4 Å². The van der Waals surface area contributed by atoms with Gasteiger partial charge in [-0.25, -0.2) is 8.42 Å². The number of hydrogen-bond acceptors (Lipinski definition) is 3. The first-order chi connectivity index (χ1) is 13.6. The van der Waals surface area contributed by atoms with Crippen molar-refractivity contribution in [1.29, 1.82) is 0 Å². The highest BCUT2D eigenvalue weighted by molar-refractivity contribution is 7.91. The normalized spacial score (nSPS) is 12.3. The van der Waals surface area contributed by atoms with Gasteiger partial charge in [-0.2, -0.15) is 0 Å². The van der Waals surface area contributed by atoms with E-state index in [4.69, 9.17) is 0 Å². The Kier molecular flexibility index (Phi) is 6.61. The van der Waals surface area contributed by atoms with Gasteiger partial charge in [-0.05, 0) is 29.7 Å². The minimum Gasteiger partial charge on any atom is -0.354 e. The Balaban J connectivity index is 1.72. The van der Waals surface area contributed by atoms with Crippen LogP contribution in [0.15, 0.2) is 95.9 Å². The lowest BCUT2D eigenvalue weighted by atomic mass is 10.1. The number of aryl methyl sites for hydroxylation is 1. The Hall–Kier alpha value is -2.92. The molecule has 0 saturated heterocycles. The molecular weight excluding hydrogens is 370 g/mol. The number of carbonyl (C=O) groups excluding carboxylic acids is 1. The van der Waals surface area contributed by atoms with Crippen LogP contribution in [0.4, 0.5) is 0 Å². The zero-order valence-corrected chi connectivity index (χ0v) is 16.3. The molecule has 1 atom stereocenters. The Morgan fingerprint density at radius 1 is 0.786 bits per heavy atom. The Bertz CT molecular complexity index is 988. The standard InChI is InChI=1S/C23H23NO3S/c25-23(17-16-19-10-4-1-5-11-19)24-18-22(20-12-6-2-7-13-20)28(26,27)21-14-8-3-9-15-21/h1-15,22H,16-18H2,(H,24,25)/t22-/m1/s1. The maximum atomic E-state index is 13.2. The predicted octanol–water partition coefficient (Wildman–Crippen LogP) is 3.95. The zero-order chi connectivity index (χ0) is 19.8. The average Bonchev–Trinajstić information content (AvgIpc) is 2.74. The van der Waals surface area contributed by atoms with Gasteiger partial charge in [0.1, 0.15) is 5.25 Å². The van der Waals surface area contributed by atoms with Crippen molar-refractivity contribution in [3.05, 3.63) is 102 Å². The quantitative estimate of drug-likeness (QED) is 0.630. The zero-order valence-electron chi connectivity index (χ0n) is 15.5. The van der Waals surface area contributed by atoms with Crippen molar-refractivity contribution in [3.8, 4) is 0 Å². The topological polar surface area (TPSA) is 63.2 Å². The molecule has 0 aliphatic rings. The van der Waals surface area contributed by atoms with E-state index in [0.29, 0.717) is 18.4 Å². The SMILES string of the molecule is O=C(CCc1ccccc1)NC[C@H](c1ccccc1)S(=O)(=O)c1ccccc1. The average molecular weight is 394 g/mol. The van der Waals surface area contributed by atoms with Crippen molar-refractivity contribution >= 4 is 15.7 Å². The second-order valence-electron chi connectivity index (χ2n) is 6.55. The van der Waals surface area contributed by atoms with Gasteiger partial charge in [0.2, 0.25) is 5.91 Å². The van der Waals surface area contributed by atoms with Crippen molar-refractivity contribution in [2.45, 2.75) is 23.0 Å². The molecule has 3 aromatic rings. The van der Waals surface area contributed by atoms with E-state index in [-0.39, 0.29) is 17.3 Å². The van der Waals surface area contributed by atoms with E-state index >= 15 is 0 Å². The van der Waals surface area contributed by atoms with Gasteiger partial charge in [-0.3, -0.25) is 4.79 Å². The molecular formula is C23H23NO3S. The maximum absolute atomic E-state index is 13.2. The molecule has 4 nitrogen and oxygen atoms in total. The number of sulfone groups is 1. The summed E-state index contributed by atoms with van der Waals surface area (Å²) in [6.07, 6.45) is 0.936. The summed E-state index contributed by atoms with van der Waals surface area (Å²) in [4.78, 5) is 12.6. The fraction of sp³-hybridized carbons (Fsp3) is 0.174. The van der Waals surface area contributed by atoms with E-state index in [1.54, 1.807) is 54.6 Å². The Labute approximate surface area is 166 Å². The highest BCUT2D eigenvalue weighted by Gasteiger charge is 2.29. The summed E-state index contributed by atoms with van der Waals surface area (Å²) in [5, 5.41) is 1.97. The summed E-state index contributed by atoms with van der Waals surface area (Å²) >= 11 is 0. The van der Waals surface area contributed by atoms with Crippen molar-refractivity contribution in [1.82, 2.24) is 5.32 Å². The van der Waals surface area contributed by atoms with Gasteiger partial charge < -0.3 is 5.32 Å². The molecule has 0 unspecified atom stereocenters. The molecule has 0 fully saturated rings. The van der Waals surface area contributed by atoms with Gasteiger partial charge in [0.25, 0.3) is 0 Å². The largest absolute Gasteiger partial charge is 0.354 e. The number of benzene rings is 3. The van der Waals surface area contributed by atoms with Crippen molar-refractivity contribution < 1.29 is 13.2 Å². The van der Waals surface area contributed by atoms with Crippen LogP contribution in [0.25, 0.3) is 0 Å². The minimum absolute atomic E-state index is 0.0366. The Morgan fingerprint density at radius 2 is 1.32 bits per heavy atom. The van der Waals surface area contributed by atoms with Crippen LogP contribution >= 0.6 is 0 Å². The molecule has 0 aromatic heterocycles. The van der Waals surface area contributed by atoms with Crippen LogP contribution in [-0.4, -0.2) is 20.9 Å². The molecule has 3 rings (SSSR count). The van der Waals surface area contributed by atoms with Crippen LogP contribution in [-0.2, 0) is 21.1 Å². The van der Waals surface area contributed by atoms with Crippen molar-refractivity contribution in [2.75, 3.05) is 6.54 Å². The van der Waals surface area contributed by atoms with Gasteiger partial charge in [-0.15, -0.1) is 0 Å². The van der Waals surface area contributed by atoms with Crippen LogP contribution in [0.1, 0.15) is 22.8 Å². The fourth-order valence-corrected chi connectivity index (χ4v) is 4.73. The van der Waals surface area contributed by atoms with Crippen molar-refractivity contribution in [2.24, 2.45) is 0 Å². The summed E-state index contributed by atoms with van der Waals surface area (Å²) in [6.45, 7) is 0.0366. The lowest BCUT2D eigenvalue weighted by molar-refractivity contribution is -0.121. The molecule has 0 saturated carbocycles. The number of hydrogen-bond donors (Lipinski definition) is 1. The molecule has 3 aromatic carbocycles. The lowest BCUT2D eigenvalue weighted by Gasteiger charge is -2.19. The molecule has 0 radical (unpaired) electrons. The van der Waals surface area contributed by atoms with Gasteiger partial charge >= 0.3 is 0 Å². The van der Waals surface area contributed by atoms with Gasteiger partial charge in [0.15, 0.2) is 9.84 Å². The number of amides is 1. The van der Waals surface area contributed by atoms with E-state index < -0.39 is 15.1 Å². The number of nitrogens with one attached hydrogen (secondary N) is 1. The molecule has 0 aliphatic carbocycles. The molecule has 5 heteroatoms. The van der Waals surface area contributed by atoms with Crippen LogP contribution in [0.3, 0.4) is 0 Å². The van der Waals surface area contributed by atoms with Gasteiger partial charge in [0, 0.05) is 13.0 Å². The van der Waals surface area contributed by atoms with Gasteiger partial charge in [0.05, 0.1) is 4.90 Å². The third-order valence-corrected chi connectivity index (χ3v) is 6.70. The molecule has 0 aliphatic heterocycles. The molecule has 0 heterocycles. The summed E-state index contributed by atoms with van der Waals surface area (Å²) in [6, 6.07) is 27.1. The first-order valence-electron chi connectivity index (χ1n) is 9.22. The fourth-order valence-electron chi connectivity index (χ4n) is 3.05. The second-order valence-corrected chi connectivity index (χ2v) is 8.68. The highest BCUT2D eigenvalue weighted by atomic mass is 32.2. The van der Waals surface area contributed by atoms with Gasteiger partial charge in [-0.1, -0.05) is 78.9 Å². The summed E-state index contributed by atoms with van der Waals surface area (Å²) in [5.74, 6) is -0.159. The first-order valence-corrected chi connectivity index (χ1v) is 10.8. The van der Waals surface area contributed by atoms with E-state index in [1.165, 1.54) is 0 Å². The summed E-state index contributed by atoms with van der Waals surface area (Å²) in [5.41, 5.74) is 1.74. The second kappa shape index (κ2) is 9.33. The molecule has 1 N–H and O–H groups in total. The van der Waals surface area contributed by atoms with Crippen LogP contribution in [0.2, 0.25) is 0 Å². The number of rotatable bonds is 8. The molecule has 144 valence electrons. The summed E-state index contributed by atoms with van der Waals surface area (Å²) < 4.78 is 26.3. The smallest absolute Gasteiger partial charge is 0.220 e. The van der Waals surface area contributed by atoms with E-state index in [0.717, 1.165) is 5.56 Å². The van der Waals surface area contributed by atoms with E-state index in [9.17, 15) is 13.2 Å². The molecule has 0 spiro atoms. The summed E-state index contributed by atoms with van der Waals surface area (Å²) in [7, 11) is -3.63.